The Morgan fingerprint density at radius 2 is 2.00 bits per heavy atom. The molecule has 0 amide bonds. The zero-order valence-corrected chi connectivity index (χ0v) is 13.0. The molecule has 0 saturated carbocycles. The van der Waals surface area contributed by atoms with Gasteiger partial charge in [-0.05, 0) is 37.5 Å². The van der Waals surface area contributed by atoms with Crippen LogP contribution in [-0.4, -0.2) is 59.3 Å². The summed E-state index contributed by atoms with van der Waals surface area (Å²) in [6, 6.07) is 0. The third kappa shape index (κ3) is 4.66. The summed E-state index contributed by atoms with van der Waals surface area (Å²) in [5, 5.41) is 0. The Labute approximate surface area is 122 Å². The van der Waals surface area contributed by atoms with Gasteiger partial charge in [-0.25, -0.2) is 4.72 Å². The van der Waals surface area contributed by atoms with Crippen molar-refractivity contribution in [1.82, 2.24) is 9.03 Å². The number of ether oxygens (including phenoxy) is 2. The standard InChI is InChI=1S/C13H26N2O4S/c1-18-11-13-3-2-6-15(10-13)20(16,17)14-9-12-4-7-19-8-5-12/h12-14H,2-11H2,1H3. The van der Waals surface area contributed by atoms with E-state index in [9.17, 15) is 8.42 Å². The summed E-state index contributed by atoms with van der Waals surface area (Å²) >= 11 is 0. The lowest BCUT2D eigenvalue weighted by Gasteiger charge is -2.32. The minimum absolute atomic E-state index is 0.313. The lowest BCUT2D eigenvalue weighted by molar-refractivity contribution is 0.0675. The Morgan fingerprint density at radius 1 is 1.25 bits per heavy atom. The summed E-state index contributed by atoms with van der Waals surface area (Å²) in [6.07, 6.45) is 3.83. The van der Waals surface area contributed by atoms with Crippen molar-refractivity contribution in [2.75, 3.05) is 46.6 Å². The van der Waals surface area contributed by atoms with Crippen LogP contribution < -0.4 is 4.72 Å². The molecule has 2 aliphatic rings. The molecule has 0 aromatic heterocycles. The predicted molar refractivity (Wildman–Crippen MR) is 76.6 cm³/mol. The van der Waals surface area contributed by atoms with E-state index in [1.807, 2.05) is 0 Å². The Bertz CT molecular complexity index is 380. The molecular weight excluding hydrogens is 280 g/mol. The highest BCUT2D eigenvalue weighted by molar-refractivity contribution is 7.87. The van der Waals surface area contributed by atoms with E-state index >= 15 is 0 Å². The van der Waals surface area contributed by atoms with Crippen molar-refractivity contribution >= 4 is 10.2 Å². The van der Waals surface area contributed by atoms with Gasteiger partial charge in [0.25, 0.3) is 10.2 Å². The average Bonchev–Trinajstić information content (AvgIpc) is 2.47. The van der Waals surface area contributed by atoms with Crippen molar-refractivity contribution in [3.8, 4) is 0 Å². The van der Waals surface area contributed by atoms with Crippen LogP contribution in [0, 0.1) is 11.8 Å². The first-order chi connectivity index (χ1) is 9.62. The van der Waals surface area contributed by atoms with E-state index < -0.39 is 10.2 Å². The van der Waals surface area contributed by atoms with Gasteiger partial charge in [0.2, 0.25) is 0 Å². The first kappa shape index (κ1) is 16.2. The van der Waals surface area contributed by atoms with Crippen LogP contribution in [0.4, 0.5) is 0 Å². The van der Waals surface area contributed by atoms with Gasteiger partial charge >= 0.3 is 0 Å². The molecule has 2 fully saturated rings. The lowest BCUT2D eigenvalue weighted by atomic mass is 10.0. The fraction of sp³-hybridized carbons (Fsp3) is 1.00. The zero-order valence-electron chi connectivity index (χ0n) is 12.2. The number of methoxy groups -OCH3 is 1. The number of hydrogen-bond acceptors (Lipinski definition) is 4. The van der Waals surface area contributed by atoms with Gasteiger partial charge < -0.3 is 9.47 Å². The van der Waals surface area contributed by atoms with Gasteiger partial charge in [0.05, 0.1) is 6.61 Å². The second-order valence-corrected chi connectivity index (χ2v) is 7.49. The topological polar surface area (TPSA) is 67.9 Å². The van der Waals surface area contributed by atoms with Gasteiger partial charge in [0.15, 0.2) is 0 Å². The summed E-state index contributed by atoms with van der Waals surface area (Å²) in [5.41, 5.74) is 0. The largest absolute Gasteiger partial charge is 0.384 e. The van der Waals surface area contributed by atoms with Crippen LogP contribution >= 0.6 is 0 Å². The third-order valence-corrected chi connectivity index (χ3v) is 5.66. The molecule has 0 aliphatic carbocycles. The van der Waals surface area contributed by atoms with Gasteiger partial charge in [-0.2, -0.15) is 12.7 Å². The molecule has 2 saturated heterocycles. The number of rotatable bonds is 6. The van der Waals surface area contributed by atoms with Gasteiger partial charge in [-0.1, -0.05) is 0 Å². The van der Waals surface area contributed by atoms with Gasteiger partial charge in [0.1, 0.15) is 0 Å². The molecule has 0 aromatic rings. The van der Waals surface area contributed by atoms with Crippen LogP contribution in [0.1, 0.15) is 25.7 Å². The molecule has 6 nitrogen and oxygen atoms in total. The Morgan fingerprint density at radius 3 is 2.70 bits per heavy atom. The van der Waals surface area contributed by atoms with Crippen molar-refractivity contribution in [2.24, 2.45) is 11.8 Å². The van der Waals surface area contributed by atoms with Crippen LogP contribution in [0.15, 0.2) is 0 Å². The van der Waals surface area contributed by atoms with Crippen LogP contribution in [0.5, 0.6) is 0 Å². The molecule has 20 heavy (non-hydrogen) atoms. The molecule has 118 valence electrons. The van der Waals surface area contributed by atoms with Crippen molar-refractivity contribution in [2.45, 2.75) is 25.7 Å². The molecule has 1 unspecified atom stereocenters. The Hall–Kier alpha value is -0.210. The number of nitrogens with zero attached hydrogens (tertiary/aromatic N) is 1. The minimum atomic E-state index is -3.35. The Kier molecular flexibility index (Phi) is 6.22. The smallest absolute Gasteiger partial charge is 0.279 e. The fourth-order valence-corrected chi connectivity index (χ4v) is 4.29. The SMILES string of the molecule is COCC1CCCN(S(=O)(=O)NCC2CCOCC2)C1. The molecule has 2 aliphatic heterocycles. The summed E-state index contributed by atoms with van der Waals surface area (Å²) in [5.74, 6) is 0.714. The third-order valence-electron chi connectivity index (χ3n) is 4.12. The predicted octanol–water partition coefficient (Wildman–Crippen LogP) is 0.606. The highest BCUT2D eigenvalue weighted by Crippen LogP contribution is 2.19. The van der Waals surface area contributed by atoms with Crippen molar-refractivity contribution in [1.29, 1.82) is 0 Å². The normalized spacial score (nSPS) is 26.8. The molecule has 0 radical (unpaired) electrons. The van der Waals surface area contributed by atoms with Crippen LogP contribution in [0.3, 0.4) is 0 Å². The molecule has 0 bridgehead atoms. The molecule has 7 heteroatoms. The van der Waals surface area contributed by atoms with E-state index in [0.29, 0.717) is 38.1 Å². The van der Waals surface area contributed by atoms with Crippen LogP contribution in [0.2, 0.25) is 0 Å². The van der Waals surface area contributed by atoms with Crippen molar-refractivity contribution < 1.29 is 17.9 Å². The second kappa shape index (κ2) is 7.70. The fourth-order valence-electron chi connectivity index (χ4n) is 2.88. The maximum absolute atomic E-state index is 12.3. The maximum Gasteiger partial charge on any atom is 0.279 e. The van der Waals surface area contributed by atoms with E-state index in [0.717, 1.165) is 38.9 Å². The van der Waals surface area contributed by atoms with Crippen LogP contribution in [-0.2, 0) is 19.7 Å². The first-order valence-corrected chi connectivity index (χ1v) is 8.87. The van der Waals surface area contributed by atoms with Gasteiger partial charge in [-0.15, -0.1) is 0 Å². The second-order valence-electron chi connectivity index (χ2n) is 5.73. The van der Waals surface area contributed by atoms with Crippen molar-refractivity contribution in [3.63, 3.8) is 0 Å². The van der Waals surface area contributed by atoms with Gasteiger partial charge in [0, 0.05) is 40.0 Å². The molecule has 0 aromatic carbocycles. The van der Waals surface area contributed by atoms with E-state index in [4.69, 9.17) is 9.47 Å². The molecule has 2 rings (SSSR count). The summed E-state index contributed by atoms with van der Waals surface area (Å²) in [7, 11) is -1.68. The lowest BCUT2D eigenvalue weighted by Crippen LogP contribution is -2.48. The van der Waals surface area contributed by atoms with E-state index in [-0.39, 0.29) is 0 Å². The molecule has 1 N–H and O–H groups in total. The van der Waals surface area contributed by atoms with E-state index in [2.05, 4.69) is 4.72 Å². The molecule has 2 heterocycles. The molecule has 0 spiro atoms. The summed E-state index contributed by atoms with van der Waals surface area (Å²) in [6.45, 7) is 3.82. The van der Waals surface area contributed by atoms with Crippen LogP contribution in [0.25, 0.3) is 0 Å². The number of nitrogens with one attached hydrogen (secondary N) is 1. The summed E-state index contributed by atoms with van der Waals surface area (Å²) in [4.78, 5) is 0. The zero-order chi connectivity index (χ0) is 14.4. The van der Waals surface area contributed by atoms with E-state index in [1.54, 1.807) is 11.4 Å². The molecular formula is C13H26N2O4S. The first-order valence-electron chi connectivity index (χ1n) is 7.43. The summed E-state index contributed by atoms with van der Waals surface area (Å²) < 4.78 is 39.4. The highest BCUT2D eigenvalue weighted by Gasteiger charge is 2.29. The minimum Gasteiger partial charge on any atom is -0.384 e. The van der Waals surface area contributed by atoms with E-state index in [1.165, 1.54) is 0 Å². The van der Waals surface area contributed by atoms with Crippen molar-refractivity contribution in [3.05, 3.63) is 0 Å². The monoisotopic (exact) mass is 306 g/mol. The Balaban J connectivity index is 1.82. The quantitative estimate of drug-likeness (QED) is 0.780. The number of piperidine rings is 1. The highest BCUT2D eigenvalue weighted by atomic mass is 32.2. The van der Waals surface area contributed by atoms with Gasteiger partial charge in [-0.3, -0.25) is 0 Å². The maximum atomic E-state index is 12.3. The molecule has 1 atom stereocenters. The average molecular weight is 306 g/mol. The number of hydrogen-bond donors (Lipinski definition) is 1.